The second-order valence-corrected chi connectivity index (χ2v) is 4.92. The van der Waals surface area contributed by atoms with Crippen molar-refractivity contribution in [2.24, 2.45) is 10.2 Å². The van der Waals surface area contributed by atoms with E-state index < -0.39 is 0 Å². The molecule has 0 spiro atoms. The molecule has 6 heteroatoms. The Morgan fingerprint density at radius 1 is 1.33 bits per heavy atom. The number of nitrogens with zero attached hydrogens (tertiary/aromatic N) is 4. The average Bonchev–Trinajstić information content (AvgIpc) is 2.81. The molecule has 0 fully saturated rings. The van der Waals surface area contributed by atoms with Gasteiger partial charge in [0.1, 0.15) is 10.4 Å². The number of thiophene rings is 1. The first kappa shape index (κ1) is 11.2. The summed E-state index contributed by atoms with van der Waals surface area (Å²) in [6.07, 6.45) is 5.68. The van der Waals surface area contributed by atoms with E-state index >= 15 is 0 Å². The molecule has 0 aliphatic carbocycles. The summed E-state index contributed by atoms with van der Waals surface area (Å²) in [4.78, 5) is 23.8. The summed E-state index contributed by atoms with van der Waals surface area (Å²) in [5.74, 6) is 0.685. The number of nitroso groups, excluding NO2 is 1. The van der Waals surface area contributed by atoms with Gasteiger partial charge in [-0.25, -0.2) is 9.97 Å². The second-order valence-electron chi connectivity index (χ2n) is 4.04. The van der Waals surface area contributed by atoms with Crippen LogP contribution in [-0.4, -0.2) is 16.2 Å². The number of aliphatic imine (C=N–C) groups is 1. The first-order valence-electron chi connectivity index (χ1n) is 5.62. The zero-order valence-electron chi connectivity index (χ0n) is 9.75. The van der Waals surface area contributed by atoms with E-state index in [1.807, 2.05) is 24.6 Å². The van der Waals surface area contributed by atoms with Crippen LogP contribution in [0.3, 0.4) is 0 Å². The minimum atomic E-state index is 0.203. The van der Waals surface area contributed by atoms with Gasteiger partial charge in [-0.3, -0.25) is 4.99 Å². The van der Waals surface area contributed by atoms with Gasteiger partial charge >= 0.3 is 0 Å². The zero-order chi connectivity index (χ0) is 12.5. The first-order valence-corrected chi connectivity index (χ1v) is 6.50. The van der Waals surface area contributed by atoms with Crippen LogP contribution in [-0.2, 0) is 0 Å². The summed E-state index contributed by atoms with van der Waals surface area (Å²) in [5, 5.41) is 4.95. The average molecular weight is 258 g/mol. The van der Waals surface area contributed by atoms with Crippen LogP contribution in [0.2, 0.25) is 0 Å². The molecule has 0 amide bonds. The number of rotatable bonds is 2. The highest BCUT2D eigenvalue weighted by Gasteiger charge is 2.14. The monoisotopic (exact) mass is 258 g/mol. The number of hydrogen-bond donors (Lipinski definition) is 0. The number of allylic oxidation sites excluding steroid dienone is 1. The molecule has 0 bridgehead atoms. The first-order chi connectivity index (χ1) is 8.79. The fraction of sp³-hybridized carbons (Fsp3) is 0.250. The topological polar surface area (TPSA) is 67.6 Å². The molecule has 0 unspecified atom stereocenters. The van der Waals surface area contributed by atoms with E-state index in [4.69, 9.17) is 0 Å². The normalized spacial score (nSPS) is 14.8. The van der Waals surface area contributed by atoms with E-state index in [9.17, 15) is 4.91 Å². The highest BCUT2D eigenvalue weighted by molar-refractivity contribution is 7.17. The Bertz CT molecular complexity index is 687. The molecule has 0 aromatic carbocycles. The summed E-state index contributed by atoms with van der Waals surface area (Å²) < 4.78 is 0.742. The van der Waals surface area contributed by atoms with E-state index in [1.54, 1.807) is 0 Å². The van der Waals surface area contributed by atoms with Crippen molar-refractivity contribution in [2.75, 3.05) is 0 Å². The summed E-state index contributed by atoms with van der Waals surface area (Å²) in [5.41, 5.74) is 2.55. The van der Waals surface area contributed by atoms with Gasteiger partial charge in [0, 0.05) is 6.21 Å². The summed E-state index contributed by atoms with van der Waals surface area (Å²) in [7, 11) is 0. The zero-order valence-corrected chi connectivity index (χ0v) is 10.6. The Hall–Kier alpha value is -1.95. The van der Waals surface area contributed by atoms with Crippen LogP contribution in [0.15, 0.2) is 21.6 Å². The molecule has 0 saturated heterocycles. The minimum absolute atomic E-state index is 0.203. The molecule has 0 N–H and O–H groups in total. The fourth-order valence-corrected chi connectivity index (χ4v) is 2.77. The van der Waals surface area contributed by atoms with Crippen LogP contribution in [0, 0.1) is 11.8 Å². The summed E-state index contributed by atoms with van der Waals surface area (Å²) in [6, 6.07) is 0. The molecule has 1 aliphatic heterocycles. The van der Waals surface area contributed by atoms with Crippen molar-refractivity contribution >= 4 is 39.3 Å². The number of hydrogen-bond acceptors (Lipinski definition) is 6. The molecular weight excluding hydrogens is 248 g/mol. The molecule has 0 radical (unpaired) electrons. The summed E-state index contributed by atoms with van der Waals surface area (Å²) in [6.45, 7) is 1.96. The van der Waals surface area contributed by atoms with Crippen LogP contribution in [0.5, 0.6) is 0 Å². The smallest absolute Gasteiger partial charge is 0.218 e. The number of aryl methyl sites for hydroxylation is 1. The van der Waals surface area contributed by atoms with Crippen molar-refractivity contribution in [3.63, 3.8) is 0 Å². The van der Waals surface area contributed by atoms with E-state index in [-0.39, 0.29) is 5.82 Å². The Labute approximate surface area is 107 Å². The third kappa shape index (κ3) is 1.74. The van der Waals surface area contributed by atoms with Gasteiger partial charge in [0.2, 0.25) is 5.82 Å². The van der Waals surface area contributed by atoms with E-state index in [0.717, 1.165) is 34.3 Å². The predicted molar refractivity (Wildman–Crippen MR) is 73.3 cm³/mol. The molecule has 0 atom stereocenters. The Kier molecular flexibility index (Phi) is 2.71. The molecule has 3 rings (SSSR count). The van der Waals surface area contributed by atoms with E-state index in [1.165, 1.54) is 11.3 Å². The van der Waals surface area contributed by atoms with Gasteiger partial charge in [-0.1, -0.05) is 6.08 Å². The highest BCUT2D eigenvalue weighted by atomic mass is 32.1. The van der Waals surface area contributed by atoms with Crippen LogP contribution < -0.4 is 0 Å². The Morgan fingerprint density at radius 3 is 2.94 bits per heavy atom. The molecule has 1 aliphatic rings. The van der Waals surface area contributed by atoms with Gasteiger partial charge < -0.3 is 0 Å². The van der Waals surface area contributed by atoms with Crippen LogP contribution >= 0.6 is 11.3 Å². The minimum Gasteiger partial charge on any atom is -0.258 e. The van der Waals surface area contributed by atoms with Crippen LogP contribution in [0.1, 0.15) is 24.2 Å². The molecule has 0 saturated carbocycles. The highest BCUT2D eigenvalue weighted by Crippen LogP contribution is 2.32. The van der Waals surface area contributed by atoms with Crippen LogP contribution in [0.4, 0.5) is 5.82 Å². The number of fused-ring (bicyclic) bond motifs is 1. The maximum atomic E-state index is 10.9. The molecule has 5 nitrogen and oxygen atoms in total. The van der Waals surface area contributed by atoms with Gasteiger partial charge in [-0.05, 0) is 35.9 Å². The number of aromatic nitrogens is 2. The van der Waals surface area contributed by atoms with Gasteiger partial charge in [-0.15, -0.1) is 16.2 Å². The lowest BCUT2D eigenvalue weighted by Crippen LogP contribution is -1.96. The molecular formula is C12H10N4OS. The van der Waals surface area contributed by atoms with E-state index in [0.29, 0.717) is 5.82 Å². The lowest BCUT2D eigenvalue weighted by atomic mass is 10.2. The fourth-order valence-electron chi connectivity index (χ4n) is 1.85. The van der Waals surface area contributed by atoms with Gasteiger partial charge in [0.15, 0.2) is 5.82 Å². The SMILES string of the molecule is Cc1csc2c(N=O)nc(C3=CCCC=N3)nc12. The Morgan fingerprint density at radius 2 is 2.22 bits per heavy atom. The third-order valence-corrected chi connectivity index (χ3v) is 3.84. The van der Waals surface area contributed by atoms with Gasteiger partial charge in [0.05, 0.1) is 5.52 Å². The standard InChI is InChI=1S/C12H10N4OS/c1-7-6-18-10-9(7)14-11(15-12(10)16-17)8-4-2-3-5-13-8/h4-6H,2-3H2,1H3. The predicted octanol–water partition coefficient (Wildman–Crippen LogP) is 3.60. The molecule has 3 heterocycles. The van der Waals surface area contributed by atoms with Crippen molar-refractivity contribution in [1.29, 1.82) is 0 Å². The lowest BCUT2D eigenvalue weighted by Gasteiger charge is -2.05. The van der Waals surface area contributed by atoms with Crippen molar-refractivity contribution in [1.82, 2.24) is 9.97 Å². The third-order valence-electron chi connectivity index (χ3n) is 2.75. The van der Waals surface area contributed by atoms with Crippen molar-refractivity contribution in [3.05, 3.63) is 27.8 Å². The molecule has 90 valence electrons. The second kappa shape index (κ2) is 4.38. The van der Waals surface area contributed by atoms with Crippen molar-refractivity contribution < 1.29 is 0 Å². The van der Waals surface area contributed by atoms with Crippen molar-refractivity contribution in [2.45, 2.75) is 19.8 Å². The van der Waals surface area contributed by atoms with Gasteiger partial charge in [0.25, 0.3) is 0 Å². The quantitative estimate of drug-likeness (QED) is 0.773. The molecule has 2 aromatic rings. The van der Waals surface area contributed by atoms with Crippen molar-refractivity contribution in [3.8, 4) is 0 Å². The summed E-state index contributed by atoms with van der Waals surface area (Å²) >= 11 is 1.44. The maximum absolute atomic E-state index is 10.9. The largest absolute Gasteiger partial charge is 0.258 e. The van der Waals surface area contributed by atoms with Crippen LogP contribution in [0.25, 0.3) is 15.9 Å². The maximum Gasteiger partial charge on any atom is 0.218 e. The van der Waals surface area contributed by atoms with E-state index in [2.05, 4.69) is 20.1 Å². The molecule has 2 aromatic heterocycles. The lowest BCUT2D eigenvalue weighted by molar-refractivity contribution is 1.06. The van der Waals surface area contributed by atoms with Gasteiger partial charge in [-0.2, -0.15) is 0 Å². The Balaban J connectivity index is 2.24. The molecule has 18 heavy (non-hydrogen) atoms.